The highest BCUT2D eigenvalue weighted by atomic mass is 35.5. The first-order valence-electron chi connectivity index (χ1n) is 4.32. The average molecular weight is 241 g/mol. The first kappa shape index (κ1) is 10.2. The van der Waals surface area contributed by atoms with Gasteiger partial charge in [-0.1, -0.05) is 29.8 Å². The first-order chi connectivity index (χ1) is 7.18. The summed E-state index contributed by atoms with van der Waals surface area (Å²) < 4.78 is 2.18. The van der Waals surface area contributed by atoms with Crippen molar-refractivity contribution < 1.29 is 0 Å². The fourth-order valence-corrected chi connectivity index (χ4v) is 1.68. The van der Waals surface area contributed by atoms with Crippen LogP contribution in [0.4, 0.5) is 5.95 Å². The van der Waals surface area contributed by atoms with Crippen LogP contribution in [0.3, 0.4) is 0 Å². The number of rotatable bonds is 2. The van der Waals surface area contributed by atoms with Gasteiger partial charge in [0.1, 0.15) is 0 Å². The van der Waals surface area contributed by atoms with Gasteiger partial charge in [0.15, 0.2) is 4.77 Å². The Bertz CT molecular complexity index is 531. The minimum Gasteiger partial charge on any atom is -0.368 e. The largest absolute Gasteiger partial charge is 0.368 e. The molecule has 15 heavy (non-hydrogen) atoms. The van der Waals surface area contributed by atoms with Crippen LogP contribution in [0.5, 0.6) is 0 Å². The number of hydrogen-bond acceptors (Lipinski definition) is 3. The maximum absolute atomic E-state index is 6.03. The molecule has 0 bridgehead atoms. The molecule has 6 heteroatoms. The molecule has 0 fully saturated rings. The van der Waals surface area contributed by atoms with E-state index in [-0.39, 0.29) is 0 Å². The number of nitrogens with zero attached hydrogens (tertiary/aromatic N) is 2. The standard InChI is InChI=1S/C9H9ClN4S/c10-7-4-2-1-3-6(7)5-14-8(11)12-13-9(14)15/h1-4H,5H2,(H2,11,12)(H,13,15). The zero-order valence-electron chi connectivity index (χ0n) is 7.77. The fourth-order valence-electron chi connectivity index (χ4n) is 1.28. The lowest BCUT2D eigenvalue weighted by Gasteiger charge is -2.05. The van der Waals surface area contributed by atoms with E-state index in [1.807, 2.05) is 24.3 Å². The van der Waals surface area contributed by atoms with Crippen LogP contribution in [-0.4, -0.2) is 14.8 Å². The fraction of sp³-hybridized carbons (Fsp3) is 0.111. The molecule has 0 aliphatic carbocycles. The van der Waals surface area contributed by atoms with Crippen LogP contribution in [-0.2, 0) is 6.54 Å². The lowest BCUT2D eigenvalue weighted by molar-refractivity contribution is 0.794. The minimum atomic E-state index is 0.361. The third-order valence-corrected chi connectivity index (χ3v) is 2.75. The van der Waals surface area contributed by atoms with Crippen LogP contribution in [0.1, 0.15) is 5.56 Å². The summed E-state index contributed by atoms with van der Waals surface area (Å²) in [7, 11) is 0. The number of H-pyrrole nitrogens is 1. The van der Waals surface area contributed by atoms with Crippen molar-refractivity contribution in [2.75, 3.05) is 5.73 Å². The molecule has 0 radical (unpaired) electrons. The second-order valence-electron chi connectivity index (χ2n) is 3.06. The van der Waals surface area contributed by atoms with E-state index >= 15 is 0 Å². The Morgan fingerprint density at radius 3 is 2.80 bits per heavy atom. The van der Waals surface area contributed by atoms with Crippen molar-refractivity contribution >= 4 is 29.8 Å². The predicted molar refractivity (Wildman–Crippen MR) is 62.4 cm³/mol. The van der Waals surface area contributed by atoms with E-state index in [2.05, 4.69) is 10.2 Å². The van der Waals surface area contributed by atoms with Gasteiger partial charge in [0.05, 0.1) is 6.54 Å². The van der Waals surface area contributed by atoms with E-state index in [9.17, 15) is 0 Å². The van der Waals surface area contributed by atoms with Crippen molar-refractivity contribution in [3.05, 3.63) is 39.6 Å². The summed E-state index contributed by atoms with van der Waals surface area (Å²) in [5, 5.41) is 7.14. The molecule has 0 spiro atoms. The number of hydrogen-bond donors (Lipinski definition) is 2. The van der Waals surface area contributed by atoms with E-state index in [4.69, 9.17) is 29.6 Å². The summed E-state index contributed by atoms with van der Waals surface area (Å²) in [4.78, 5) is 0. The Balaban J connectivity index is 2.38. The van der Waals surface area contributed by atoms with Gasteiger partial charge in [0.2, 0.25) is 5.95 Å². The summed E-state index contributed by atoms with van der Waals surface area (Å²) in [6.45, 7) is 0.529. The molecule has 0 unspecified atom stereocenters. The Morgan fingerprint density at radius 2 is 2.20 bits per heavy atom. The molecule has 2 aromatic rings. The number of aromatic nitrogens is 3. The molecule has 0 saturated heterocycles. The highest BCUT2D eigenvalue weighted by Gasteiger charge is 2.04. The lowest BCUT2D eigenvalue weighted by atomic mass is 10.2. The van der Waals surface area contributed by atoms with Crippen LogP contribution >= 0.6 is 23.8 Å². The first-order valence-corrected chi connectivity index (χ1v) is 5.11. The van der Waals surface area contributed by atoms with Gasteiger partial charge in [-0.25, -0.2) is 5.10 Å². The minimum absolute atomic E-state index is 0.361. The Hall–Kier alpha value is -1.33. The number of anilines is 1. The van der Waals surface area contributed by atoms with Crippen molar-refractivity contribution in [1.29, 1.82) is 0 Å². The molecule has 4 nitrogen and oxygen atoms in total. The van der Waals surface area contributed by atoms with Gasteiger partial charge in [-0.15, -0.1) is 5.10 Å². The maximum atomic E-state index is 6.03. The molecule has 1 aromatic heterocycles. The SMILES string of the molecule is Nc1n[nH]c(=S)n1Cc1ccccc1Cl. The molecule has 2 rings (SSSR count). The Morgan fingerprint density at radius 1 is 1.47 bits per heavy atom. The predicted octanol–water partition coefficient (Wildman–Crippen LogP) is 2.22. The van der Waals surface area contributed by atoms with Crippen molar-refractivity contribution in [1.82, 2.24) is 14.8 Å². The summed E-state index contributed by atoms with van der Waals surface area (Å²) in [5.41, 5.74) is 6.61. The zero-order valence-corrected chi connectivity index (χ0v) is 9.35. The van der Waals surface area contributed by atoms with Crippen molar-refractivity contribution in [2.45, 2.75) is 6.54 Å². The van der Waals surface area contributed by atoms with Crippen LogP contribution in [0.25, 0.3) is 0 Å². The summed E-state index contributed by atoms with van der Waals surface area (Å²) in [6, 6.07) is 7.55. The second-order valence-corrected chi connectivity index (χ2v) is 3.86. The normalized spacial score (nSPS) is 10.5. The molecular formula is C9H9ClN4S. The van der Waals surface area contributed by atoms with Gasteiger partial charge in [-0.3, -0.25) is 4.57 Å². The third kappa shape index (κ3) is 2.03. The van der Waals surface area contributed by atoms with Crippen LogP contribution in [0.2, 0.25) is 5.02 Å². The van der Waals surface area contributed by atoms with Gasteiger partial charge in [-0.2, -0.15) is 0 Å². The van der Waals surface area contributed by atoms with Crippen molar-refractivity contribution in [3.63, 3.8) is 0 Å². The summed E-state index contributed by atoms with van der Waals surface area (Å²) in [6.07, 6.45) is 0. The van der Waals surface area contributed by atoms with E-state index in [1.54, 1.807) is 4.57 Å². The molecule has 1 heterocycles. The number of aromatic amines is 1. The molecule has 0 saturated carbocycles. The number of nitrogens with two attached hydrogens (primary N) is 1. The number of halogens is 1. The smallest absolute Gasteiger partial charge is 0.220 e. The highest BCUT2D eigenvalue weighted by Crippen LogP contribution is 2.17. The van der Waals surface area contributed by atoms with Gasteiger partial charge < -0.3 is 5.73 Å². The Labute approximate surface area is 96.7 Å². The molecule has 0 atom stereocenters. The molecule has 1 aromatic carbocycles. The summed E-state index contributed by atoms with van der Waals surface area (Å²) in [5.74, 6) is 0.361. The quantitative estimate of drug-likeness (QED) is 0.792. The van der Waals surface area contributed by atoms with Crippen molar-refractivity contribution in [3.8, 4) is 0 Å². The van der Waals surface area contributed by atoms with Gasteiger partial charge >= 0.3 is 0 Å². The highest BCUT2D eigenvalue weighted by molar-refractivity contribution is 7.71. The maximum Gasteiger partial charge on any atom is 0.220 e. The second kappa shape index (κ2) is 4.04. The van der Waals surface area contributed by atoms with E-state index in [0.717, 1.165) is 5.56 Å². The molecule has 0 aliphatic heterocycles. The number of nitrogen functional groups attached to an aromatic ring is 1. The van der Waals surface area contributed by atoms with Crippen molar-refractivity contribution in [2.24, 2.45) is 0 Å². The summed E-state index contributed by atoms with van der Waals surface area (Å²) >= 11 is 11.1. The van der Waals surface area contributed by atoms with Gasteiger partial charge in [-0.05, 0) is 23.8 Å². The molecule has 78 valence electrons. The van der Waals surface area contributed by atoms with Crippen LogP contribution in [0.15, 0.2) is 24.3 Å². The van der Waals surface area contributed by atoms with E-state index in [1.165, 1.54) is 0 Å². The Kier molecular flexibility index (Phi) is 2.75. The van der Waals surface area contributed by atoms with E-state index < -0.39 is 0 Å². The van der Waals surface area contributed by atoms with Crippen LogP contribution in [0, 0.1) is 4.77 Å². The number of nitrogens with one attached hydrogen (secondary N) is 1. The molecular weight excluding hydrogens is 232 g/mol. The number of benzene rings is 1. The molecule has 0 amide bonds. The topological polar surface area (TPSA) is 59.6 Å². The van der Waals surface area contributed by atoms with Gasteiger partial charge in [0.25, 0.3) is 0 Å². The third-order valence-electron chi connectivity index (χ3n) is 2.07. The molecule has 0 aliphatic rings. The average Bonchev–Trinajstić information content (AvgIpc) is 2.53. The van der Waals surface area contributed by atoms with Gasteiger partial charge in [0, 0.05) is 5.02 Å². The van der Waals surface area contributed by atoms with Crippen LogP contribution < -0.4 is 5.73 Å². The van der Waals surface area contributed by atoms with E-state index in [0.29, 0.717) is 22.3 Å². The molecule has 3 N–H and O–H groups in total. The monoisotopic (exact) mass is 240 g/mol. The lowest BCUT2D eigenvalue weighted by Crippen LogP contribution is -2.05. The zero-order chi connectivity index (χ0) is 10.8.